The second-order valence-corrected chi connectivity index (χ2v) is 6.02. The molecule has 3 rings (SSSR count). The molecule has 1 fully saturated rings. The lowest BCUT2D eigenvalue weighted by atomic mass is 9.99. The highest BCUT2D eigenvalue weighted by molar-refractivity contribution is 6.02. The van der Waals surface area contributed by atoms with Crippen molar-refractivity contribution in [3.05, 3.63) is 47.7 Å². The molecule has 1 aliphatic rings. The number of aromatic nitrogens is 2. The van der Waals surface area contributed by atoms with Crippen molar-refractivity contribution in [3.63, 3.8) is 0 Å². The summed E-state index contributed by atoms with van der Waals surface area (Å²) in [5, 5.41) is 10.4. The van der Waals surface area contributed by atoms with Crippen LogP contribution in [0.1, 0.15) is 30.3 Å². The highest BCUT2D eigenvalue weighted by Crippen LogP contribution is 2.21. The van der Waals surface area contributed by atoms with Crippen LogP contribution in [0.2, 0.25) is 0 Å². The molecule has 7 heteroatoms. The summed E-state index contributed by atoms with van der Waals surface area (Å²) in [5.74, 6) is -0.691. The second kappa shape index (κ2) is 6.90. The summed E-state index contributed by atoms with van der Waals surface area (Å²) in [6.07, 6.45) is 2.21. The second-order valence-electron chi connectivity index (χ2n) is 6.02. The predicted octanol–water partition coefficient (Wildman–Crippen LogP) is 3.24. The van der Waals surface area contributed by atoms with Crippen molar-refractivity contribution < 1.29 is 13.6 Å². The number of amides is 1. The maximum absolute atomic E-state index is 13.6. The van der Waals surface area contributed by atoms with Gasteiger partial charge in [-0.3, -0.25) is 4.79 Å². The zero-order valence-corrected chi connectivity index (χ0v) is 13.3. The average Bonchev–Trinajstić information content (AvgIpc) is 2.58. The van der Waals surface area contributed by atoms with Gasteiger partial charge in [0, 0.05) is 19.2 Å². The third kappa shape index (κ3) is 3.67. The number of piperidine rings is 1. The zero-order chi connectivity index (χ0) is 17.1. The van der Waals surface area contributed by atoms with Crippen LogP contribution in [-0.4, -0.2) is 29.2 Å². The Labute approximate surface area is 138 Å². The maximum atomic E-state index is 13.6. The van der Waals surface area contributed by atoms with Crippen LogP contribution in [-0.2, 0) is 0 Å². The lowest BCUT2D eigenvalue weighted by Crippen LogP contribution is -2.33. The SMILES string of the molecule is CC1CCN(c2ccc(C(=O)Nc3ccc(F)cc3F)nn2)CC1. The molecule has 1 amide bonds. The molecule has 2 heterocycles. The van der Waals surface area contributed by atoms with Crippen molar-refractivity contribution in [2.75, 3.05) is 23.3 Å². The number of halogens is 2. The fourth-order valence-corrected chi connectivity index (χ4v) is 2.63. The summed E-state index contributed by atoms with van der Waals surface area (Å²) in [7, 11) is 0. The van der Waals surface area contributed by atoms with Crippen molar-refractivity contribution in [2.45, 2.75) is 19.8 Å². The highest BCUT2D eigenvalue weighted by Gasteiger charge is 2.18. The van der Waals surface area contributed by atoms with Gasteiger partial charge in [-0.2, -0.15) is 0 Å². The number of nitrogens with zero attached hydrogens (tertiary/aromatic N) is 3. The van der Waals surface area contributed by atoms with E-state index in [9.17, 15) is 13.6 Å². The number of anilines is 2. The van der Waals surface area contributed by atoms with E-state index in [2.05, 4.69) is 27.3 Å². The molecule has 0 atom stereocenters. The van der Waals surface area contributed by atoms with E-state index in [1.807, 2.05) is 0 Å². The van der Waals surface area contributed by atoms with Gasteiger partial charge in [-0.1, -0.05) is 6.92 Å². The largest absolute Gasteiger partial charge is 0.355 e. The summed E-state index contributed by atoms with van der Waals surface area (Å²) in [6, 6.07) is 6.24. The average molecular weight is 332 g/mol. The molecule has 5 nitrogen and oxygen atoms in total. The Morgan fingerprint density at radius 1 is 1.17 bits per heavy atom. The minimum atomic E-state index is -0.838. The van der Waals surface area contributed by atoms with Gasteiger partial charge in [0.25, 0.3) is 5.91 Å². The quantitative estimate of drug-likeness (QED) is 0.937. The van der Waals surface area contributed by atoms with Crippen LogP contribution in [0.25, 0.3) is 0 Å². The minimum Gasteiger partial charge on any atom is -0.355 e. The molecule has 0 bridgehead atoms. The number of carbonyl (C=O) groups excluding carboxylic acids is 1. The number of carbonyl (C=O) groups is 1. The van der Waals surface area contributed by atoms with Crippen LogP contribution in [0.15, 0.2) is 30.3 Å². The molecule has 2 aromatic rings. The Hall–Kier alpha value is -2.57. The third-order valence-electron chi connectivity index (χ3n) is 4.17. The molecule has 126 valence electrons. The van der Waals surface area contributed by atoms with Crippen LogP contribution < -0.4 is 10.2 Å². The number of rotatable bonds is 3. The Morgan fingerprint density at radius 3 is 2.54 bits per heavy atom. The van der Waals surface area contributed by atoms with E-state index in [0.29, 0.717) is 12.0 Å². The molecule has 24 heavy (non-hydrogen) atoms. The van der Waals surface area contributed by atoms with E-state index in [1.54, 1.807) is 12.1 Å². The van der Waals surface area contributed by atoms with Gasteiger partial charge in [0.05, 0.1) is 5.69 Å². The van der Waals surface area contributed by atoms with E-state index >= 15 is 0 Å². The first-order valence-corrected chi connectivity index (χ1v) is 7.88. The normalized spacial score (nSPS) is 15.4. The number of nitrogens with one attached hydrogen (secondary N) is 1. The van der Waals surface area contributed by atoms with Gasteiger partial charge in [-0.05, 0) is 43.0 Å². The third-order valence-corrected chi connectivity index (χ3v) is 4.17. The fraction of sp³-hybridized carbons (Fsp3) is 0.353. The number of hydrogen-bond donors (Lipinski definition) is 1. The van der Waals surface area contributed by atoms with E-state index in [1.165, 1.54) is 6.07 Å². The van der Waals surface area contributed by atoms with Gasteiger partial charge < -0.3 is 10.2 Å². The van der Waals surface area contributed by atoms with Crippen molar-refractivity contribution in [2.24, 2.45) is 5.92 Å². The maximum Gasteiger partial charge on any atom is 0.276 e. The van der Waals surface area contributed by atoms with E-state index < -0.39 is 17.5 Å². The van der Waals surface area contributed by atoms with Gasteiger partial charge in [-0.15, -0.1) is 10.2 Å². The van der Waals surface area contributed by atoms with Gasteiger partial charge in [0.2, 0.25) is 0 Å². The Bertz CT molecular complexity index is 728. The first kappa shape index (κ1) is 16.3. The summed E-state index contributed by atoms with van der Waals surface area (Å²) < 4.78 is 26.4. The molecule has 1 aromatic carbocycles. The Kier molecular flexibility index (Phi) is 4.69. The molecule has 0 unspecified atom stereocenters. The first-order chi connectivity index (χ1) is 11.5. The molecular weight excluding hydrogens is 314 g/mol. The smallest absolute Gasteiger partial charge is 0.276 e. The molecular formula is C17H18F2N4O. The van der Waals surface area contributed by atoms with Crippen LogP contribution >= 0.6 is 0 Å². The molecule has 1 aliphatic heterocycles. The van der Waals surface area contributed by atoms with Crippen molar-refractivity contribution in [1.29, 1.82) is 0 Å². The highest BCUT2D eigenvalue weighted by atomic mass is 19.1. The minimum absolute atomic E-state index is 0.0767. The van der Waals surface area contributed by atoms with Crippen LogP contribution in [0.4, 0.5) is 20.3 Å². The summed E-state index contributed by atoms with van der Waals surface area (Å²) in [5.41, 5.74) is -0.0230. The van der Waals surface area contributed by atoms with Gasteiger partial charge in [-0.25, -0.2) is 8.78 Å². The summed E-state index contributed by atoms with van der Waals surface area (Å²) >= 11 is 0. The number of hydrogen-bond acceptors (Lipinski definition) is 4. The monoisotopic (exact) mass is 332 g/mol. The van der Waals surface area contributed by atoms with Crippen molar-refractivity contribution in [1.82, 2.24) is 10.2 Å². The van der Waals surface area contributed by atoms with Crippen LogP contribution in [0, 0.1) is 17.6 Å². The Morgan fingerprint density at radius 2 is 1.92 bits per heavy atom. The predicted molar refractivity (Wildman–Crippen MR) is 87.0 cm³/mol. The molecule has 0 radical (unpaired) electrons. The Balaban J connectivity index is 1.67. The van der Waals surface area contributed by atoms with Crippen molar-refractivity contribution in [3.8, 4) is 0 Å². The topological polar surface area (TPSA) is 58.1 Å². The standard InChI is InChI=1S/C17H18F2N4O/c1-11-6-8-23(9-7-11)16-5-4-15(21-22-16)17(24)20-14-3-2-12(18)10-13(14)19/h2-5,10-11H,6-9H2,1H3,(H,20,24). The van der Waals surface area contributed by atoms with E-state index in [4.69, 9.17) is 0 Å². The van der Waals surface area contributed by atoms with E-state index in [0.717, 1.165) is 37.8 Å². The van der Waals surface area contributed by atoms with Gasteiger partial charge in [0.15, 0.2) is 11.5 Å². The molecule has 0 aliphatic carbocycles. The van der Waals surface area contributed by atoms with Gasteiger partial charge in [0.1, 0.15) is 11.6 Å². The molecule has 1 saturated heterocycles. The first-order valence-electron chi connectivity index (χ1n) is 7.88. The lowest BCUT2D eigenvalue weighted by molar-refractivity contribution is 0.102. The molecule has 1 aromatic heterocycles. The van der Waals surface area contributed by atoms with Crippen LogP contribution in [0.3, 0.4) is 0 Å². The molecule has 1 N–H and O–H groups in total. The fourth-order valence-electron chi connectivity index (χ4n) is 2.63. The lowest BCUT2D eigenvalue weighted by Gasteiger charge is -2.30. The van der Waals surface area contributed by atoms with Crippen LogP contribution in [0.5, 0.6) is 0 Å². The molecule has 0 saturated carbocycles. The molecule has 0 spiro atoms. The summed E-state index contributed by atoms with van der Waals surface area (Å²) in [6.45, 7) is 4.06. The zero-order valence-electron chi connectivity index (χ0n) is 13.3. The van der Waals surface area contributed by atoms with Gasteiger partial charge >= 0.3 is 0 Å². The van der Waals surface area contributed by atoms with Crippen molar-refractivity contribution >= 4 is 17.4 Å². The van der Waals surface area contributed by atoms with E-state index in [-0.39, 0.29) is 11.4 Å². The number of benzene rings is 1. The summed E-state index contributed by atoms with van der Waals surface area (Å²) in [4.78, 5) is 14.2.